The molecule has 0 aliphatic rings. The molecular weight excluding hydrogens is 292 g/mol. The molecule has 23 heavy (non-hydrogen) atoms. The van der Waals surface area contributed by atoms with Gasteiger partial charge in [0, 0.05) is 24.3 Å². The summed E-state index contributed by atoms with van der Waals surface area (Å²) < 4.78 is 4.64. The SMILES string of the molecule is COC(=O)c1ccc(NCCC(=O)Nc2ccc(C)cc2)cc1. The van der Waals surface area contributed by atoms with Crippen molar-refractivity contribution in [3.8, 4) is 0 Å². The largest absolute Gasteiger partial charge is 0.465 e. The minimum atomic E-state index is -0.367. The average Bonchev–Trinajstić information content (AvgIpc) is 2.57. The number of ether oxygens (including phenoxy) is 1. The summed E-state index contributed by atoms with van der Waals surface area (Å²) in [4.78, 5) is 23.2. The van der Waals surface area contributed by atoms with Gasteiger partial charge < -0.3 is 15.4 Å². The number of amides is 1. The highest BCUT2D eigenvalue weighted by atomic mass is 16.5. The molecule has 2 N–H and O–H groups in total. The lowest BCUT2D eigenvalue weighted by atomic mass is 10.2. The molecule has 0 heterocycles. The molecule has 2 rings (SSSR count). The number of benzene rings is 2. The van der Waals surface area contributed by atoms with Crippen LogP contribution in [0, 0.1) is 6.92 Å². The zero-order chi connectivity index (χ0) is 16.7. The van der Waals surface area contributed by atoms with Crippen LogP contribution in [0.2, 0.25) is 0 Å². The van der Waals surface area contributed by atoms with Crippen LogP contribution < -0.4 is 10.6 Å². The van der Waals surface area contributed by atoms with Crippen molar-refractivity contribution in [1.29, 1.82) is 0 Å². The number of carbonyl (C=O) groups is 2. The average molecular weight is 312 g/mol. The number of anilines is 2. The maximum atomic E-state index is 11.9. The molecule has 120 valence electrons. The molecule has 0 spiro atoms. The summed E-state index contributed by atoms with van der Waals surface area (Å²) >= 11 is 0. The maximum Gasteiger partial charge on any atom is 0.337 e. The first-order chi connectivity index (χ1) is 11.1. The summed E-state index contributed by atoms with van der Waals surface area (Å²) in [5, 5.41) is 5.99. The van der Waals surface area contributed by atoms with Crippen molar-refractivity contribution in [3.05, 3.63) is 59.7 Å². The van der Waals surface area contributed by atoms with Crippen LogP contribution in [0.5, 0.6) is 0 Å². The minimum Gasteiger partial charge on any atom is -0.465 e. The molecule has 0 aliphatic heterocycles. The Balaban J connectivity index is 1.77. The van der Waals surface area contributed by atoms with Crippen molar-refractivity contribution in [2.75, 3.05) is 24.3 Å². The van der Waals surface area contributed by atoms with Crippen LogP contribution in [0.25, 0.3) is 0 Å². The van der Waals surface area contributed by atoms with Gasteiger partial charge in [-0.15, -0.1) is 0 Å². The Hall–Kier alpha value is -2.82. The molecule has 0 saturated heterocycles. The smallest absolute Gasteiger partial charge is 0.337 e. The molecule has 0 aliphatic carbocycles. The van der Waals surface area contributed by atoms with Gasteiger partial charge in [-0.3, -0.25) is 4.79 Å². The van der Waals surface area contributed by atoms with E-state index in [-0.39, 0.29) is 11.9 Å². The number of hydrogen-bond acceptors (Lipinski definition) is 4. The van der Waals surface area contributed by atoms with Gasteiger partial charge in [0.2, 0.25) is 5.91 Å². The molecule has 0 atom stereocenters. The van der Waals surface area contributed by atoms with E-state index in [0.29, 0.717) is 18.5 Å². The van der Waals surface area contributed by atoms with E-state index in [4.69, 9.17) is 0 Å². The second kappa shape index (κ2) is 7.98. The minimum absolute atomic E-state index is 0.0486. The van der Waals surface area contributed by atoms with Crippen LogP contribution in [0.4, 0.5) is 11.4 Å². The van der Waals surface area contributed by atoms with Gasteiger partial charge in [0.25, 0.3) is 0 Å². The number of esters is 1. The van der Waals surface area contributed by atoms with Crippen LogP contribution in [0.1, 0.15) is 22.3 Å². The van der Waals surface area contributed by atoms with E-state index in [1.807, 2.05) is 31.2 Å². The van der Waals surface area contributed by atoms with Gasteiger partial charge in [-0.2, -0.15) is 0 Å². The first kappa shape index (κ1) is 16.5. The fraction of sp³-hybridized carbons (Fsp3) is 0.222. The topological polar surface area (TPSA) is 67.4 Å². The fourth-order valence-corrected chi connectivity index (χ4v) is 2.02. The lowest BCUT2D eigenvalue weighted by molar-refractivity contribution is -0.115. The Morgan fingerprint density at radius 1 is 0.957 bits per heavy atom. The highest BCUT2D eigenvalue weighted by Gasteiger charge is 2.05. The number of carbonyl (C=O) groups excluding carboxylic acids is 2. The molecule has 0 saturated carbocycles. The van der Waals surface area contributed by atoms with Crippen LogP contribution in [-0.2, 0) is 9.53 Å². The van der Waals surface area contributed by atoms with Crippen LogP contribution in [0.3, 0.4) is 0 Å². The molecular formula is C18H20N2O3. The second-order valence-electron chi connectivity index (χ2n) is 5.16. The first-order valence-corrected chi connectivity index (χ1v) is 7.37. The molecule has 2 aromatic carbocycles. The predicted octanol–water partition coefficient (Wildman–Crippen LogP) is 3.22. The Morgan fingerprint density at radius 2 is 1.57 bits per heavy atom. The van der Waals surface area contributed by atoms with E-state index in [1.165, 1.54) is 7.11 Å². The summed E-state index contributed by atoms with van der Waals surface area (Å²) in [5.74, 6) is -0.415. The molecule has 0 unspecified atom stereocenters. The lowest BCUT2D eigenvalue weighted by Gasteiger charge is -2.08. The highest BCUT2D eigenvalue weighted by Crippen LogP contribution is 2.11. The number of aryl methyl sites for hydroxylation is 1. The van der Waals surface area contributed by atoms with Crippen molar-refractivity contribution < 1.29 is 14.3 Å². The number of methoxy groups -OCH3 is 1. The quantitative estimate of drug-likeness (QED) is 0.804. The Bertz CT molecular complexity index is 664. The molecule has 2 aromatic rings. The molecule has 5 nitrogen and oxygen atoms in total. The fourth-order valence-electron chi connectivity index (χ4n) is 2.02. The summed E-state index contributed by atoms with van der Waals surface area (Å²) in [6.45, 7) is 2.51. The zero-order valence-corrected chi connectivity index (χ0v) is 13.3. The third-order valence-electron chi connectivity index (χ3n) is 3.32. The van der Waals surface area contributed by atoms with E-state index >= 15 is 0 Å². The van der Waals surface area contributed by atoms with Crippen molar-refractivity contribution in [2.24, 2.45) is 0 Å². The van der Waals surface area contributed by atoms with Gasteiger partial charge in [0.15, 0.2) is 0 Å². The summed E-state index contributed by atoms with van der Waals surface area (Å²) in [7, 11) is 1.35. The van der Waals surface area contributed by atoms with E-state index in [9.17, 15) is 9.59 Å². The number of nitrogens with one attached hydrogen (secondary N) is 2. The van der Waals surface area contributed by atoms with Crippen LogP contribution in [-0.4, -0.2) is 25.5 Å². The third-order valence-corrected chi connectivity index (χ3v) is 3.32. The maximum absolute atomic E-state index is 11.9. The van der Waals surface area contributed by atoms with Gasteiger partial charge in [-0.05, 0) is 43.3 Å². The summed E-state index contributed by atoms with van der Waals surface area (Å²) in [6.07, 6.45) is 0.354. The van der Waals surface area contributed by atoms with Crippen molar-refractivity contribution in [3.63, 3.8) is 0 Å². The van der Waals surface area contributed by atoms with Crippen molar-refractivity contribution in [2.45, 2.75) is 13.3 Å². The summed E-state index contributed by atoms with van der Waals surface area (Å²) in [6, 6.07) is 14.6. The first-order valence-electron chi connectivity index (χ1n) is 7.37. The molecule has 1 amide bonds. The Kier molecular flexibility index (Phi) is 5.74. The molecule has 5 heteroatoms. The molecule has 0 aromatic heterocycles. The van der Waals surface area contributed by atoms with Crippen LogP contribution >= 0.6 is 0 Å². The second-order valence-corrected chi connectivity index (χ2v) is 5.16. The van der Waals surface area contributed by atoms with Crippen LogP contribution in [0.15, 0.2) is 48.5 Å². The number of rotatable bonds is 6. The van der Waals surface area contributed by atoms with E-state index < -0.39 is 0 Å². The van der Waals surface area contributed by atoms with Gasteiger partial charge in [0.05, 0.1) is 12.7 Å². The molecule has 0 fully saturated rings. The molecule has 0 radical (unpaired) electrons. The van der Waals surface area contributed by atoms with E-state index in [0.717, 1.165) is 16.9 Å². The highest BCUT2D eigenvalue weighted by molar-refractivity contribution is 5.91. The number of hydrogen-bond donors (Lipinski definition) is 2. The zero-order valence-electron chi connectivity index (χ0n) is 13.3. The lowest BCUT2D eigenvalue weighted by Crippen LogP contribution is -2.16. The standard InChI is InChI=1S/C18H20N2O3/c1-13-3-7-16(8-4-13)20-17(21)11-12-19-15-9-5-14(6-10-15)18(22)23-2/h3-10,19H,11-12H2,1-2H3,(H,20,21). The van der Waals surface area contributed by atoms with Crippen molar-refractivity contribution >= 4 is 23.3 Å². The Morgan fingerprint density at radius 3 is 2.17 bits per heavy atom. The predicted molar refractivity (Wildman–Crippen MR) is 90.7 cm³/mol. The monoisotopic (exact) mass is 312 g/mol. The van der Waals surface area contributed by atoms with E-state index in [1.54, 1.807) is 24.3 Å². The van der Waals surface area contributed by atoms with Gasteiger partial charge in [-0.25, -0.2) is 4.79 Å². The third kappa shape index (κ3) is 5.14. The van der Waals surface area contributed by atoms with E-state index in [2.05, 4.69) is 15.4 Å². The summed E-state index contributed by atoms with van der Waals surface area (Å²) in [5.41, 5.74) is 3.29. The van der Waals surface area contributed by atoms with Gasteiger partial charge >= 0.3 is 5.97 Å². The normalized spacial score (nSPS) is 10.0. The Labute approximate surface area is 135 Å². The van der Waals surface area contributed by atoms with Gasteiger partial charge in [0.1, 0.15) is 0 Å². The van der Waals surface area contributed by atoms with Gasteiger partial charge in [-0.1, -0.05) is 17.7 Å². The molecule has 0 bridgehead atoms. The van der Waals surface area contributed by atoms with Crippen molar-refractivity contribution in [1.82, 2.24) is 0 Å².